The van der Waals surface area contributed by atoms with Crippen LogP contribution < -0.4 is 10.2 Å². The summed E-state index contributed by atoms with van der Waals surface area (Å²) in [7, 11) is 0. The largest absolute Gasteiger partial charge is 0.356 e. The molecule has 6 nitrogen and oxygen atoms in total. The molecule has 4 aromatic rings. The molecule has 3 heterocycles. The predicted octanol–water partition coefficient (Wildman–Crippen LogP) is 5.36. The average molecular weight is 482 g/mol. The van der Waals surface area contributed by atoms with Gasteiger partial charge in [-0.2, -0.15) is 0 Å². The van der Waals surface area contributed by atoms with Gasteiger partial charge in [0.15, 0.2) is 5.16 Å². The van der Waals surface area contributed by atoms with Crippen molar-refractivity contribution in [1.82, 2.24) is 20.3 Å². The van der Waals surface area contributed by atoms with Crippen molar-refractivity contribution < 1.29 is 4.79 Å². The Morgan fingerprint density at radius 2 is 1.69 bits per heavy atom. The van der Waals surface area contributed by atoms with E-state index in [2.05, 4.69) is 33.4 Å². The number of hydrogen-bond acceptors (Lipinski definition) is 6. The molecule has 0 radical (unpaired) electrons. The van der Waals surface area contributed by atoms with E-state index in [1.165, 1.54) is 12.8 Å². The number of hydrogen-bond donors (Lipinski definition) is 1. The monoisotopic (exact) mass is 481 g/mol. The highest BCUT2D eigenvalue weighted by atomic mass is 32.2. The normalized spacial score (nSPS) is 13.1. The molecular formula is C28H27N5OS. The van der Waals surface area contributed by atoms with E-state index in [1.54, 1.807) is 24.2 Å². The highest BCUT2D eigenvalue weighted by Gasteiger charge is 2.17. The van der Waals surface area contributed by atoms with Crippen LogP contribution in [-0.4, -0.2) is 33.9 Å². The SMILES string of the molecule is O=C(NCc1ccncc1)c1cccc(CSc2nc(-c3ccccc3)cc(N3CCCC3)n2)c1. The Labute approximate surface area is 209 Å². The number of rotatable bonds is 8. The van der Waals surface area contributed by atoms with Crippen LogP contribution in [0.2, 0.25) is 0 Å². The topological polar surface area (TPSA) is 71.0 Å². The van der Waals surface area contributed by atoms with Crippen molar-refractivity contribution in [2.75, 3.05) is 18.0 Å². The minimum atomic E-state index is -0.0905. The van der Waals surface area contributed by atoms with E-state index in [-0.39, 0.29) is 5.91 Å². The van der Waals surface area contributed by atoms with Crippen molar-refractivity contribution in [1.29, 1.82) is 0 Å². The molecule has 1 N–H and O–H groups in total. The average Bonchev–Trinajstić information content (AvgIpc) is 3.47. The summed E-state index contributed by atoms with van der Waals surface area (Å²) >= 11 is 1.60. The highest BCUT2D eigenvalue weighted by Crippen LogP contribution is 2.29. The van der Waals surface area contributed by atoms with E-state index < -0.39 is 0 Å². The molecule has 2 aromatic carbocycles. The van der Waals surface area contributed by atoms with Gasteiger partial charge in [0.2, 0.25) is 0 Å². The van der Waals surface area contributed by atoms with Gasteiger partial charge in [0.1, 0.15) is 5.82 Å². The molecule has 1 saturated heterocycles. The molecule has 0 saturated carbocycles. The minimum Gasteiger partial charge on any atom is -0.356 e. The van der Waals surface area contributed by atoms with Crippen LogP contribution in [0.4, 0.5) is 5.82 Å². The Morgan fingerprint density at radius 3 is 2.49 bits per heavy atom. The number of nitrogens with one attached hydrogen (secondary N) is 1. The van der Waals surface area contributed by atoms with Crippen molar-refractivity contribution >= 4 is 23.5 Å². The van der Waals surface area contributed by atoms with Crippen LogP contribution >= 0.6 is 11.8 Å². The second-order valence-electron chi connectivity index (χ2n) is 8.48. The molecule has 7 heteroatoms. The van der Waals surface area contributed by atoms with Gasteiger partial charge >= 0.3 is 0 Å². The maximum absolute atomic E-state index is 12.7. The number of aromatic nitrogens is 3. The van der Waals surface area contributed by atoms with Gasteiger partial charge in [-0.25, -0.2) is 9.97 Å². The standard InChI is InChI=1S/C28H27N5OS/c34-27(30-19-21-11-13-29-14-12-21)24-10-6-7-22(17-24)20-35-28-31-25(23-8-2-1-3-9-23)18-26(32-28)33-15-4-5-16-33/h1-3,6-14,17-18H,4-5,15-16,19-20H2,(H,30,34). The van der Waals surface area contributed by atoms with Gasteiger partial charge in [-0.15, -0.1) is 0 Å². The summed E-state index contributed by atoms with van der Waals surface area (Å²) in [6, 6.07) is 23.9. The lowest BCUT2D eigenvalue weighted by molar-refractivity contribution is 0.0951. The Morgan fingerprint density at radius 1 is 0.886 bits per heavy atom. The number of carbonyl (C=O) groups is 1. The first-order valence-electron chi connectivity index (χ1n) is 11.8. The maximum Gasteiger partial charge on any atom is 0.251 e. The second-order valence-corrected chi connectivity index (χ2v) is 9.42. The number of pyridine rings is 1. The lowest BCUT2D eigenvalue weighted by Crippen LogP contribution is -2.22. The first-order valence-corrected chi connectivity index (χ1v) is 12.8. The first kappa shape index (κ1) is 23.1. The van der Waals surface area contributed by atoms with Crippen LogP contribution in [0.25, 0.3) is 11.3 Å². The van der Waals surface area contributed by atoms with E-state index in [0.29, 0.717) is 17.9 Å². The molecule has 0 unspecified atom stereocenters. The fourth-order valence-electron chi connectivity index (χ4n) is 4.08. The summed E-state index contributed by atoms with van der Waals surface area (Å²) in [5, 5.41) is 3.73. The van der Waals surface area contributed by atoms with Gasteiger partial charge in [-0.1, -0.05) is 54.2 Å². The molecule has 0 spiro atoms. The smallest absolute Gasteiger partial charge is 0.251 e. The quantitative estimate of drug-likeness (QED) is 0.270. The van der Waals surface area contributed by atoms with Crippen molar-refractivity contribution in [3.05, 3.63) is 102 Å². The zero-order valence-electron chi connectivity index (χ0n) is 19.4. The zero-order valence-corrected chi connectivity index (χ0v) is 20.2. The lowest BCUT2D eigenvalue weighted by Gasteiger charge is -2.18. The number of carbonyl (C=O) groups excluding carboxylic acids is 1. The summed E-state index contributed by atoms with van der Waals surface area (Å²) in [5.41, 5.74) is 4.75. The third-order valence-electron chi connectivity index (χ3n) is 5.95. The van der Waals surface area contributed by atoms with E-state index in [0.717, 1.165) is 46.4 Å². The van der Waals surface area contributed by atoms with Crippen molar-refractivity contribution in [2.24, 2.45) is 0 Å². The molecule has 5 rings (SSSR count). The Bertz CT molecular complexity index is 1280. The first-order chi connectivity index (χ1) is 17.2. The molecule has 1 amide bonds. The number of thioether (sulfide) groups is 1. The summed E-state index contributed by atoms with van der Waals surface area (Å²) in [5.74, 6) is 1.58. The van der Waals surface area contributed by atoms with Crippen LogP contribution in [0.3, 0.4) is 0 Å². The summed E-state index contributed by atoms with van der Waals surface area (Å²) in [6.45, 7) is 2.54. The van der Waals surface area contributed by atoms with Crippen LogP contribution in [0.5, 0.6) is 0 Å². The maximum atomic E-state index is 12.7. The van der Waals surface area contributed by atoms with Gasteiger partial charge in [0.05, 0.1) is 5.69 Å². The summed E-state index contributed by atoms with van der Waals surface area (Å²) in [4.78, 5) is 28.7. The lowest BCUT2D eigenvalue weighted by atomic mass is 10.1. The third-order valence-corrected chi connectivity index (χ3v) is 6.87. The summed E-state index contributed by atoms with van der Waals surface area (Å²) < 4.78 is 0. The number of amides is 1. The fraction of sp³-hybridized carbons (Fsp3) is 0.214. The van der Waals surface area contributed by atoms with Crippen molar-refractivity contribution in [3.8, 4) is 11.3 Å². The van der Waals surface area contributed by atoms with Gasteiger partial charge in [-0.3, -0.25) is 9.78 Å². The Hall–Kier alpha value is -3.71. The minimum absolute atomic E-state index is 0.0905. The molecule has 1 aliphatic rings. The van der Waals surface area contributed by atoms with Gasteiger partial charge < -0.3 is 10.2 Å². The van der Waals surface area contributed by atoms with Crippen LogP contribution in [0.1, 0.15) is 34.3 Å². The highest BCUT2D eigenvalue weighted by molar-refractivity contribution is 7.98. The number of anilines is 1. The van der Waals surface area contributed by atoms with E-state index in [4.69, 9.17) is 9.97 Å². The van der Waals surface area contributed by atoms with Gasteiger partial charge in [-0.05, 0) is 48.2 Å². The van der Waals surface area contributed by atoms with Crippen LogP contribution in [-0.2, 0) is 12.3 Å². The molecule has 0 aliphatic carbocycles. The molecule has 1 fully saturated rings. The fourth-order valence-corrected chi connectivity index (χ4v) is 4.87. The van der Waals surface area contributed by atoms with E-state index in [9.17, 15) is 4.79 Å². The molecule has 35 heavy (non-hydrogen) atoms. The van der Waals surface area contributed by atoms with Gasteiger partial charge in [0, 0.05) is 55.0 Å². The van der Waals surface area contributed by atoms with Crippen LogP contribution in [0.15, 0.2) is 90.3 Å². The van der Waals surface area contributed by atoms with Crippen molar-refractivity contribution in [2.45, 2.75) is 30.3 Å². The molecule has 1 aliphatic heterocycles. The van der Waals surface area contributed by atoms with E-state index in [1.807, 2.05) is 54.6 Å². The zero-order chi connectivity index (χ0) is 23.9. The molecule has 0 atom stereocenters. The second kappa shape index (κ2) is 11.1. The Kier molecular flexibility index (Phi) is 7.34. The molecule has 0 bridgehead atoms. The molecule has 176 valence electrons. The van der Waals surface area contributed by atoms with Crippen molar-refractivity contribution in [3.63, 3.8) is 0 Å². The number of nitrogens with zero attached hydrogens (tertiary/aromatic N) is 4. The van der Waals surface area contributed by atoms with E-state index >= 15 is 0 Å². The third kappa shape index (κ3) is 6.05. The van der Waals surface area contributed by atoms with Crippen LogP contribution in [0, 0.1) is 0 Å². The molecule has 2 aromatic heterocycles. The summed E-state index contributed by atoms with van der Waals surface area (Å²) in [6.07, 6.45) is 5.85. The Balaban J connectivity index is 1.30. The predicted molar refractivity (Wildman–Crippen MR) is 140 cm³/mol. The van der Waals surface area contributed by atoms with Gasteiger partial charge in [0.25, 0.3) is 5.91 Å². The molecular weight excluding hydrogens is 454 g/mol. The number of benzene rings is 2.